The molecule has 0 bridgehead atoms. The molecule has 1 aromatic heterocycles. The van der Waals surface area contributed by atoms with Gasteiger partial charge in [0.1, 0.15) is 0 Å². The first-order valence-corrected chi connectivity index (χ1v) is 5.88. The second kappa shape index (κ2) is 4.40. The quantitative estimate of drug-likeness (QED) is 0.688. The van der Waals surface area contributed by atoms with E-state index in [1.807, 2.05) is 6.26 Å². The number of likely N-dealkylation sites (N-methyl/N-ethyl adjacent to an activating group) is 1. The molecule has 7 nitrogen and oxygen atoms in total. The number of fused-ring (bicyclic) bond motifs is 1. The molecule has 2 N–H and O–H groups in total. The van der Waals surface area contributed by atoms with Gasteiger partial charge < -0.3 is 20.1 Å². The van der Waals surface area contributed by atoms with Gasteiger partial charge in [0.15, 0.2) is 24.1 Å². The van der Waals surface area contributed by atoms with Crippen molar-refractivity contribution < 1.29 is 9.84 Å². The third kappa shape index (κ3) is 1.79. The van der Waals surface area contributed by atoms with Gasteiger partial charge in [-0.1, -0.05) is 11.8 Å². The van der Waals surface area contributed by atoms with Crippen molar-refractivity contribution in [3.8, 4) is 0 Å². The number of aliphatic hydroxyl groups excluding tert-OH is 1. The molecule has 1 aliphatic rings. The third-order valence-corrected chi connectivity index (χ3v) is 2.90. The summed E-state index contributed by atoms with van der Waals surface area (Å²) in [7, 11) is 3.24. The number of hydrogen-bond acceptors (Lipinski definition) is 8. The number of ether oxygens (including phenoxy) is 1. The molecule has 0 aliphatic carbocycles. The number of nitrogens with zero attached hydrogens (tertiary/aromatic N) is 4. The highest BCUT2D eigenvalue weighted by atomic mass is 32.2. The zero-order chi connectivity index (χ0) is 11.7. The summed E-state index contributed by atoms with van der Waals surface area (Å²) in [6, 6.07) is 0. The van der Waals surface area contributed by atoms with E-state index in [0.717, 1.165) is 0 Å². The minimum atomic E-state index is -0.802. The lowest BCUT2D eigenvalue weighted by Crippen LogP contribution is -2.50. The summed E-state index contributed by atoms with van der Waals surface area (Å²) < 4.78 is 5.08. The molecule has 88 valence electrons. The largest absolute Gasteiger partial charge is 0.369 e. The van der Waals surface area contributed by atoms with Crippen molar-refractivity contribution in [2.75, 3.05) is 30.6 Å². The molecule has 2 heterocycles. The first-order chi connectivity index (χ1) is 7.67. The van der Waals surface area contributed by atoms with Crippen molar-refractivity contribution in [1.29, 1.82) is 0 Å². The molecule has 0 aromatic carbocycles. The Labute approximate surface area is 97.2 Å². The molecule has 0 saturated heterocycles. The molecular formula is C8H13N5O2S. The molecular weight excluding hydrogens is 230 g/mol. The number of hydrogen-bond donors (Lipinski definition) is 2. The Bertz CT molecular complexity index is 391. The van der Waals surface area contributed by atoms with E-state index >= 15 is 0 Å². The molecule has 0 fully saturated rings. The van der Waals surface area contributed by atoms with Gasteiger partial charge in [0.2, 0.25) is 5.16 Å². The number of thioether (sulfide) groups is 1. The maximum atomic E-state index is 9.89. The standard InChI is InChI=1S/C8H13N5O2S/c1-13-5-4(9-6(15-2)7(13)14)11-12-8(10-5)16-3/h6-7,14H,1-3H3,(H,9,11)/t6-,7-/m0/s1. The van der Waals surface area contributed by atoms with Crippen molar-refractivity contribution in [2.45, 2.75) is 17.6 Å². The van der Waals surface area contributed by atoms with E-state index in [0.29, 0.717) is 16.8 Å². The van der Waals surface area contributed by atoms with Crippen molar-refractivity contribution in [3.05, 3.63) is 0 Å². The van der Waals surface area contributed by atoms with Crippen molar-refractivity contribution in [2.24, 2.45) is 0 Å². The Balaban J connectivity index is 2.38. The summed E-state index contributed by atoms with van der Waals surface area (Å²) in [5, 5.41) is 21.3. The SMILES string of the molecule is CO[C@@H]1Nc2nnc(SC)nc2N(C)[C@H]1O. The maximum Gasteiger partial charge on any atom is 0.210 e. The molecule has 0 unspecified atom stereocenters. The van der Waals surface area contributed by atoms with Gasteiger partial charge in [0.25, 0.3) is 0 Å². The maximum absolute atomic E-state index is 9.89. The number of aliphatic hydroxyl groups is 1. The molecule has 1 aromatic rings. The summed E-state index contributed by atoms with van der Waals surface area (Å²) in [5.74, 6) is 1.08. The minimum absolute atomic E-state index is 0.512. The van der Waals surface area contributed by atoms with Crippen LogP contribution in [0.2, 0.25) is 0 Å². The molecule has 0 radical (unpaired) electrons. The summed E-state index contributed by atoms with van der Waals surface area (Å²) in [4.78, 5) is 5.87. The summed E-state index contributed by atoms with van der Waals surface area (Å²) in [5.41, 5.74) is 0. The van der Waals surface area contributed by atoms with Crippen LogP contribution in [-0.4, -0.2) is 53.2 Å². The Kier molecular flexibility index (Phi) is 3.13. The van der Waals surface area contributed by atoms with E-state index in [2.05, 4.69) is 20.5 Å². The fraction of sp³-hybridized carbons (Fsp3) is 0.625. The Hall–Kier alpha value is -1.12. The molecule has 8 heteroatoms. The second-order valence-electron chi connectivity index (χ2n) is 3.30. The lowest BCUT2D eigenvalue weighted by atomic mass is 10.3. The number of anilines is 2. The topological polar surface area (TPSA) is 83.4 Å². The summed E-state index contributed by atoms with van der Waals surface area (Å²) in [6.07, 6.45) is 0.534. The van der Waals surface area contributed by atoms with Gasteiger partial charge in [-0.05, 0) is 6.26 Å². The fourth-order valence-corrected chi connectivity index (χ4v) is 1.75. The average Bonchev–Trinajstić information content (AvgIpc) is 2.33. The lowest BCUT2D eigenvalue weighted by Gasteiger charge is -2.36. The highest BCUT2D eigenvalue weighted by molar-refractivity contribution is 7.98. The van der Waals surface area contributed by atoms with E-state index in [9.17, 15) is 5.11 Å². The van der Waals surface area contributed by atoms with Crippen LogP contribution in [0.15, 0.2) is 5.16 Å². The van der Waals surface area contributed by atoms with E-state index in [4.69, 9.17) is 4.74 Å². The Morgan fingerprint density at radius 3 is 2.88 bits per heavy atom. The van der Waals surface area contributed by atoms with E-state index in [-0.39, 0.29) is 0 Å². The van der Waals surface area contributed by atoms with Crippen LogP contribution in [0, 0.1) is 0 Å². The monoisotopic (exact) mass is 243 g/mol. The Morgan fingerprint density at radius 2 is 2.25 bits per heavy atom. The normalized spacial score (nSPS) is 23.9. The van der Waals surface area contributed by atoms with Crippen molar-refractivity contribution in [3.63, 3.8) is 0 Å². The van der Waals surface area contributed by atoms with Crippen molar-refractivity contribution in [1.82, 2.24) is 15.2 Å². The first-order valence-electron chi connectivity index (χ1n) is 4.66. The van der Waals surface area contributed by atoms with Crippen LogP contribution < -0.4 is 10.2 Å². The van der Waals surface area contributed by atoms with Crippen LogP contribution in [0.5, 0.6) is 0 Å². The van der Waals surface area contributed by atoms with E-state index < -0.39 is 12.5 Å². The van der Waals surface area contributed by atoms with Gasteiger partial charge in [-0.2, -0.15) is 4.98 Å². The van der Waals surface area contributed by atoms with Crippen LogP contribution in [0.1, 0.15) is 0 Å². The molecule has 2 rings (SSSR count). The highest BCUT2D eigenvalue weighted by Gasteiger charge is 2.32. The van der Waals surface area contributed by atoms with Crippen LogP contribution in [0.4, 0.5) is 11.6 Å². The van der Waals surface area contributed by atoms with Crippen LogP contribution >= 0.6 is 11.8 Å². The number of methoxy groups -OCH3 is 1. The van der Waals surface area contributed by atoms with Gasteiger partial charge in [-0.3, -0.25) is 0 Å². The van der Waals surface area contributed by atoms with Gasteiger partial charge in [0, 0.05) is 14.2 Å². The smallest absolute Gasteiger partial charge is 0.210 e. The van der Waals surface area contributed by atoms with Crippen molar-refractivity contribution >= 4 is 23.4 Å². The summed E-state index contributed by atoms with van der Waals surface area (Å²) >= 11 is 1.40. The molecule has 2 atom stereocenters. The fourth-order valence-electron chi connectivity index (χ4n) is 1.45. The average molecular weight is 243 g/mol. The molecule has 0 amide bonds. The van der Waals surface area contributed by atoms with Gasteiger partial charge in [0.05, 0.1) is 0 Å². The predicted octanol–water partition coefficient (Wildman–Crippen LogP) is -0.254. The van der Waals surface area contributed by atoms with E-state index in [1.54, 1.807) is 11.9 Å². The number of rotatable bonds is 2. The molecule has 0 spiro atoms. The van der Waals surface area contributed by atoms with E-state index in [1.165, 1.54) is 18.9 Å². The van der Waals surface area contributed by atoms with Gasteiger partial charge in [-0.15, -0.1) is 10.2 Å². The minimum Gasteiger partial charge on any atom is -0.369 e. The number of aromatic nitrogens is 3. The van der Waals surface area contributed by atoms with Crippen LogP contribution in [0.3, 0.4) is 0 Å². The highest BCUT2D eigenvalue weighted by Crippen LogP contribution is 2.28. The lowest BCUT2D eigenvalue weighted by molar-refractivity contribution is 0.00244. The predicted molar refractivity (Wildman–Crippen MR) is 60.4 cm³/mol. The third-order valence-electron chi connectivity index (χ3n) is 2.37. The van der Waals surface area contributed by atoms with Crippen LogP contribution in [0.25, 0.3) is 0 Å². The van der Waals surface area contributed by atoms with Crippen LogP contribution in [-0.2, 0) is 4.74 Å². The number of nitrogens with one attached hydrogen (secondary N) is 1. The molecule has 1 aliphatic heterocycles. The van der Waals surface area contributed by atoms with Gasteiger partial charge in [-0.25, -0.2) is 0 Å². The summed E-state index contributed by atoms with van der Waals surface area (Å²) in [6.45, 7) is 0. The molecule has 0 saturated carbocycles. The first kappa shape index (κ1) is 11.4. The Morgan fingerprint density at radius 1 is 1.50 bits per heavy atom. The van der Waals surface area contributed by atoms with Gasteiger partial charge >= 0.3 is 0 Å². The zero-order valence-electron chi connectivity index (χ0n) is 9.21. The zero-order valence-corrected chi connectivity index (χ0v) is 10.0. The second-order valence-corrected chi connectivity index (χ2v) is 4.07. The molecule has 16 heavy (non-hydrogen) atoms.